The number of methoxy groups -OCH3 is 1. The molecule has 15 heavy (non-hydrogen) atoms. The van der Waals surface area contributed by atoms with Crippen molar-refractivity contribution >= 4 is 5.97 Å². The first kappa shape index (κ1) is 11.5. The molecule has 4 heteroatoms. The molecule has 1 rings (SSSR count). The fraction of sp³-hybridized carbons (Fsp3) is 0.364. The van der Waals surface area contributed by atoms with Crippen molar-refractivity contribution < 1.29 is 18.7 Å². The van der Waals surface area contributed by atoms with Gasteiger partial charge in [0, 0.05) is 0 Å². The first-order chi connectivity index (χ1) is 7.06. The quantitative estimate of drug-likeness (QED) is 0.719. The molecule has 1 aromatic rings. The average Bonchev–Trinajstić information content (AvgIpc) is 2.23. The molecule has 0 saturated heterocycles. The number of rotatable bonds is 3. The summed E-state index contributed by atoms with van der Waals surface area (Å²) in [4.78, 5) is 11.0. The number of carbonyl (C=O) groups excluding carboxylic acids is 1. The van der Waals surface area contributed by atoms with E-state index in [0.717, 1.165) is 0 Å². The summed E-state index contributed by atoms with van der Waals surface area (Å²) >= 11 is 0. The van der Waals surface area contributed by atoms with Crippen LogP contribution >= 0.6 is 0 Å². The van der Waals surface area contributed by atoms with E-state index >= 15 is 0 Å². The largest absolute Gasteiger partial charge is 0.476 e. The molecule has 0 aromatic heterocycles. The van der Waals surface area contributed by atoms with Crippen LogP contribution in [0.25, 0.3) is 0 Å². The molecule has 0 spiro atoms. The number of carbonyl (C=O) groups is 1. The van der Waals surface area contributed by atoms with E-state index in [-0.39, 0.29) is 5.75 Å². The van der Waals surface area contributed by atoms with Gasteiger partial charge in [0.25, 0.3) is 0 Å². The van der Waals surface area contributed by atoms with Crippen molar-refractivity contribution in [2.24, 2.45) is 0 Å². The Bertz CT molecular complexity index is 363. The molecular formula is C11H13FO3. The van der Waals surface area contributed by atoms with Gasteiger partial charge in [-0.15, -0.1) is 0 Å². The van der Waals surface area contributed by atoms with Crippen LogP contribution in [-0.2, 0) is 9.53 Å². The van der Waals surface area contributed by atoms with E-state index < -0.39 is 17.9 Å². The van der Waals surface area contributed by atoms with Crippen molar-refractivity contribution in [3.05, 3.63) is 29.6 Å². The van der Waals surface area contributed by atoms with Gasteiger partial charge in [-0.05, 0) is 25.5 Å². The summed E-state index contributed by atoms with van der Waals surface area (Å²) in [5, 5.41) is 0. The molecule has 0 amide bonds. The molecule has 82 valence electrons. The second kappa shape index (κ2) is 4.77. The Balaban J connectivity index is 2.81. The number of hydrogen-bond acceptors (Lipinski definition) is 3. The van der Waals surface area contributed by atoms with E-state index in [9.17, 15) is 9.18 Å². The van der Waals surface area contributed by atoms with Crippen molar-refractivity contribution in [3.8, 4) is 5.75 Å². The Morgan fingerprint density at radius 1 is 1.47 bits per heavy atom. The zero-order chi connectivity index (χ0) is 11.4. The monoisotopic (exact) mass is 212 g/mol. The van der Waals surface area contributed by atoms with Gasteiger partial charge < -0.3 is 9.47 Å². The van der Waals surface area contributed by atoms with Crippen molar-refractivity contribution in [1.29, 1.82) is 0 Å². The van der Waals surface area contributed by atoms with E-state index in [1.54, 1.807) is 19.1 Å². The molecule has 1 aromatic carbocycles. The zero-order valence-electron chi connectivity index (χ0n) is 8.91. The Hall–Kier alpha value is -1.58. The summed E-state index contributed by atoms with van der Waals surface area (Å²) in [5.41, 5.74) is 0.476. The predicted octanol–water partition coefficient (Wildman–Crippen LogP) is 2.07. The van der Waals surface area contributed by atoms with Gasteiger partial charge in [0.2, 0.25) is 0 Å². The average molecular weight is 212 g/mol. The third kappa shape index (κ3) is 2.68. The lowest BCUT2D eigenvalue weighted by molar-refractivity contribution is -0.148. The molecule has 0 aliphatic carbocycles. The van der Waals surface area contributed by atoms with Crippen LogP contribution in [0.15, 0.2) is 18.2 Å². The minimum absolute atomic E-state index is 0.0629. The number of ether oxygens (including phenoxy) is 2. The van der Waals surface area contributed by atoms with Crippen LogP contribution in [0.5, 0.6) is 5.75 Å². The molecule has 1 atom stereocenters. The standard InChI is InChI=1S/C11H13FO3/c1-7-5-4-6-9(10(7)12)15-8(2)11(13)14-3/h4-6,8H,1-3H3/t8-/m0/s1. The highest BCUT2D eigenvalue weighted by Gasteiger charge is 2.17. The van der Waals surface area contributed by atoms with Gasteiger partial charge in [-0.1, -0.05) is 12.1 Å². The summed E-state index contributed by atoms with van der Waals surface area (Å²) in [7, 11) is 1.26. The van der Waals surface area contributed by atoms with Crippen LogP contribution in [0.3, 0.4) is 0 Å². The molecule has 0 heterocycles. The van der Waals surface area contributed by atoms with Crippen molar-refractivity contribution in [3.63, 3.8) is 0 Å². The van der Waals surface area contributed by atoms with Crippen LogP contribution in [-0.4, -0.2) is 19.2 Å². The Kier molecular flexibility index (Phi) is 3.66. The van der Waals surface area contributed by atoms with E-state index in [4.69, 9.17) is 4.74 Å². The molecule has 0 aliphatic rings. The molecule has 0 unspecified atom stereocenters. The predicted molar refractivity (Wildman–Crippen MR) is 53.2 cm³/mol. The van der Waals surface area contributed by atoms with Crippen LogP contribution in [0.1, 0.15) is 12.5 Å². The van der Waals surface area contributed by atoms with E-state index in [0.29, 0.717) is 5.56 Å². The van der Waals surface area contributed by atoms with Gasteiger partial charge in [0.05, 0.1) is 7.11 Å². The molecule has 0 saturated carbocycles. The molecular weight excluding hydrogens is 199 g/mol. The number of aryl methyl sites for hydroxylation is 1. The van der Waals surface area contributed by atoms with E-state index in [2.05, 4.69) is 4.74 Å². The molecule has 0 radical (unpaired) electrons. The highest BCUT2D eigenvalue weighted by molar-refractivity contribution is 5.74. The Labute approximate surface area is 87.8 Å². The van der Waals surface area contributed by atoms with E-state index in [1.165, 1.54) is 20.1 Å². The lowest BCUT2D eigenvalue weighted by Crippen LogP contribution is -2.25. The Morgan fingerprint density at radius 2 is 2.13 bits per heavy atom. The maximum Gasteiger partial charge on any atom is 0.346 e. The number of benzene rings is 1. The summed E-state index contributed by atoms with van der Waals surface area (Å²) in [6, 6.07) is 4.77. The first-order valence-corrected chi connectivity index (χ1v) is 4.56. The summed E-state index contributed by atoms with van der Waals surface area (Å²) < 4.78 is 23.0. The molecule has 0 N–H and O–H groups in total. The van der Waals surface area contributed by atoms with Gasteiger partial charge in [-0.3, -0.25) is 0 Å². The van der Waals surface area contributed by atoms with Gasteiger partial charge in [0.1, 0.15) is 0 Å². The van der Waals surface area contributed by atoms with Crippen LogP contribution < -0.4 is 4.74 Å². The minimum atomic E-state index is -0.814. The molecule has 0 bridgehead atoms. The zero-order valence-corrected chi connectivity index (χ0v) is 8.91. The second-order valence-corrected chi connectivity index (χ2v) is 3.17. The van der Waals surface area contributed by atoms with Crippen LogP contribution in [0.4, 0.5) is 4.39 Å². The lowest BCUT2D eigenvalue weighted by Gasteiger charge is -2.13. The van der Waals surface area contributed by atoms with Crippen LogP contribution in [0, 0.1) is 12.7 Å². The second-order valence-electron chi connectivity index (χ2n) is 3.17. The summed E-state index contributed by atoms with van der Waals surface area (Å²) in [5.74, 6) is -0.919. The number of hydrogen-bond donors (Lipinski definition) is 0. The molecule has 0 aliphatic heterocycles. The molecule has 3 nitrogen and oxygen atoms in total. The minimum Gasteiger partial charge on any atom is -0.476 e. The highest BCUT2D eigenvalue weighted by Crippen LogP contribution is 2.20. The fourth-order valence-corrected chi connectivity index (χ4v) is 1.12. The van der Waals surface area contributed by atoms with Gasteiger partial charge in [-0.25, -0.2) is 9.18 Å². The van der Waals surface area contributed by atoms with Crippen molar-refractivity contribution in [2.75, 3.05) is 7.11 Å². The maximum absolute atomic E-state index is 13.5. The summed E-state index contributed by atoms with van der Waals surface area (Å²) in [6.45, 7) is 3.14. The topological polar surface area (TPSA) is 35.5 Å². The highest BCUT2D eigenvalue weighted by atomic mass is 19.1. The first-order valence-electron chi connectivity index (χ1n) is 4.56. The Morgan fingerprint density at radius 3 is 2.73 bits per heavy atom. The summed E-state index contributed by atoms with van der Waals surface area (Å²) in [6.07, 6.45) is -0.814. The van der Waals surface area contributed by atoms with Gasteiger partial charge in [0.15, 0.2) is 17.7 Å². The van der Waals surface area contributed by atoms with Gasteiger partial charge >= 0.3 is 5.97 Å². The van der Waals surface area contributed by atoms with Crippen molar-refractivity contribution in [2.45, 2.75) is 20.0 Å². The SMILES string of the molecule is COC(=O)[C@H](C)Oc1cccc(C)c1F. The van der Waals surface area contributed by atoms with E-state index in [1.807, 2.05) is 0 Å². The maximum atomic E-state index is 13.5. The normalized spacial score (nSPS) is 12.0. The van der Waals surface area contributed by atoms with Crippen LogP contribution in [0.2, 0.25) is 0 Å². The third-order valence-electron chi connectivity index (χ3n) is 1.99. The smallest absolute Gasteiger partial charge is 0.346 e. The van der Waals surface area contributed by atoms with Crippen molar-refractivity contribution in [1.82, 2.24) is 0 Å². The lowest BCUT2D eigenvalue weighted by atomic mass is 10.2. The fourth-order valence-electron chi connectivity index (χ4n) is 1.12. The number of esters is 1. The number of halogens is 1. The molecule has 0 fully saturated rings. The van der Waals surface area contributed by atoms with Gasteiger partial charge in [-0.2, -0.15) is 0 Å². The third-order valence-corrected chi connectivity index (χ3v) is 1.99.